The molecule has 6 heteroatoms. The zero-order valence-electron chi connectivity index (χ0n) is 17.6. The highest BCUT2D eigenvalue weighted by atomic mass is 35.5. The molecule has 162 valence electrons. The van der Waals surface area contributed by atoms with Crippen LogP contribution in [0.3, 0.4) is 0 Å². The number of hydrogen-bond donors (Lipinski definition) is 2. The van der Waals surface area contributed by atoms with E-state index < -0.39 is 5.60 Å². The third-order valence-electron chi connectivity index (χ3n) is 6.08. The quantitative estimate of drug-likeness (QED) is 0.665. The molecule has 3 nitrogen and oxygen atoms in total. The molecule has 1 aromatic rings. The van der Waals surface area contributed by atoms with Crippen molar-refractivity contribution < 1.29 is 5.11 Å². The molecule has 1 aliphatic heterocycles. The molecule has 2 aliphatic rings. The van der Waals surface area contributed by atoms with E-state index in [4.69, 9.17) is 11.6 Å². The molecule has 0 bridgehead atoms. The van der Waals surface area contributed by atoms with Crippen molar-refractivity contribution in [2.45, 2.75) is 58.5 Å². The molecule has 3 rings (SSSR count). The highest BCUT2D eigenvalue weighted by Crippen LogP contribution is 2.54. The summed E-state index contributed by atoms with van der Waals surface area (Å²) in [7, 11) is 0. The largest absolute Gasteiger partial charge is 0.389 e. The summed E-state index contributed by atoms with van der Waals surface area (Å²) in [6.45, 7) is 14.2. The van der Waals surface area contributed by atoms with Gasteiger partial charge in [-0.2, -0.15) is 0 Å². The second-order valence-corrected chi connectivity index (χ2v) is 10.6. The summed E-state index contributed by atoms with van der Waals surface area (Å²) in [4.78, 5) is 2.49. The van der Waals surface area contributed by atoms with Gasteiger partial charge in [-0.1, -0.05) is 51.4 Å². The predicted octanol–water partition coefficient (Wildman–Crippen LogP) is 5.14. The van der Waals surface area contributed by atoms with E-state index >= 15 is 0 Å². The number of rotatable bonds is 4. The first-order valence-corrected chi connectivity index (χ1v) is 10.4. The molecule has 1 saturated carbocycles. The molecule has 1 saturated heterocycles. The molecule has 1 aromatic carbocycles. The van der Waals surface area contributed by atoms with Crippen molar-refractivity contribution in [3.8, 4) is 0 Å². The minimum absolute atomic E-state index is 0. The van der Waals surface area contributed by atoms with Crippen molar-refractivity contribution >= 4 is 36.4 Å². The van der Waals surface area contributed by atoms with E-state index in [2.05, 4.69) is 50.0 Å². The summed E-state index contributed by atoms with van der Waals surface area (Å²) in [6, 6.07) is 8.14. The van der Waals surface area contributed by atoms with E-state index in [1.807, 2.05) is 12.1 Å². The van der Waals surface area contributed by atoms with Crippen LogP contribution in [0, 0.1) is 10.8 Å². The molecular weight excluding hydrogens is 415 g/mol. The zero-order valence-corrected chi connectivity index (χ0v) is 20.0. The summed E-state index contributed by atoms with van der Waals surface area (Å²) in [6.07, 6.45) is 2.83. The fourth-order valence-electron chi connectivity index (χ4n) is 5.85. The lowest BCUT2D eigenvalue weighted by atomic mass is 9.56. The molecule has 2 fully saturated rings. The maximum Gasteiger partial charge on any atom is 0.0738 e. The van der Waals surface area contributed by atoms with E-state index in [0.29, 0.717) is 0 Å². The van der Waals surface area contributed by atoms with Crippen molar-refractivity contribution in [1.82, 2.24) is 10.2 Å². The van der Waals surface area contributed by atoms with Crippen molar-refractivity contribution in [2.75, 3.05) is 32.7 Å². The van der Waals surface area contributed by atoms with Crippen molar-refractivity contribution in [3.05, 3.63) is 34.9 Å². The fraction of sp³-hybridized carbons (Fsp3) is 0.727. The van der Waals surface area contributed by atoms with Gasteiger partial charge in [0.15, 0.2) is 0 Å². The molecule has 1 unspecified atom stereocenters. The molecule has 1 heterocycles. The highest BCUT2D eigenvalue weighted by molar-refractivity contribution is 6.30. The molecule has 0 amide bonds. The van der Waals surface area contributed by atoms with E-state index in [1.54, 1.807) is 0 Å². The Bertz CT molecular complexity index is 614. The van der Waals surface area contributed by atoms with Gasteiger partial charge in [-0.15, -0.1) is 24.8 Å². The van der Waals surface area contributed by atoms with Gasteiger partial charge in [-0.25, -0.2) is 0 Å². The summed E-state index contributed by atoms with van der Waals surface area (Å²) < 4.78 is 0. The van der Waals surface area contributed by atoms with E-state index in [1.165, 1.54) is 5.56 Å². The van der Waals surface area contributed by atoms with E-state index in [9.17, 15) is 5.11 Å². The number of nitrogens with zero attached hydrogens (tertiary/aromatic N) is 1. The van der Waals surface area contributed by atoms with Crippen LogP contribution in [0.5, 0.6) is 0 Å². The molecule has 28 heavy (non-hydrogen) atoms. The first-order chi connectivity index (χ1) is 12.1. The third kappa shape index (κ3) is 6.48. The first kappa shape index (κ1) is 26.0. The molecule has 0 spiro atoms. The van der Waals surface area contributed by atoms with Crippen molar-refractivity contribution in [2.24, 2.45) is 10.8 Å². The number of piperazine rings is 1. The van der Waals surface area contributed by atoms with Gasteiger partial charge in [0, 0.05) is 43.7 Å². The number of hydrogen-bond acceptors (Lipinski definition) is 3. The zero-order chi connectivity index (χ0) is 19.0. The van der Waals surface area contributed by atoms with Crippen molar-refractivity contribution in [3.63, 3.8) is 0 Å². The standard InChI is InChI=1S/C22H35ClN2O.2ClH/c1-20(2)14-21(3,4)16-22(26,15-20)19(13-25-10-8-24-9-11-25)17-6-5-7-18(23)12-17;;/h5-7,12,19,24,26H,8-11,13-16H2,1-4H3;2*1H. The smallest absolute Gasteiger partial charge is 0.0738 e. The second kappa shape index (κ2) is 9.85. The van der Waals surface area contributed by atoms with Crippen LogP contribution >= 0.6 is 36.4 Å². The second-order valence-electron chi connectivity index (χ2n) is 10.1. The molecule has 0 aromatic heterocycles. The summed E-state index contributed by atoms with van der Waals surface area (Å²) in [5, 5.41) is 16.2. The molecule has 1 atom stereocenters. The number of aliphatic hydroxyl groups is 1. The normalized spacial score (nSPS) is 24.5. The predicted molar refractivity (Wildman–Crippen MR) is 124 cm³/mol. The van der Waals surface area contributed by atoms with Crippen LogP contribution in [0.15, 0.2) is 24.3 Å². The van der Waals surface area contributed by atoms with Crippen LogP contribution in [-0.4, -0.2) is 48.3 Å². The number of nitrogens with one attached hydrogen (secondary N) is 1. The maximum atomic E-state index is 12.0. The molecular formula is C22H37Cl3N2O. The van der Waals surface area contributed by atoms with Crippen LogP contribution in [0.25, 0.3) is 0 Å². The van der Waals surface area contributed by atoms with E-state index in [-0.39, 0.29) is 41.6 Å². The van der Waals surface area contributed by atoms with Gasteiger partial charge in [0.1, 0.15) is 0 Å². The van der Waals surface area contributed by atoms with Gasteiger partial charge in [0.05, 0.1) is 5.60 Å². The minimum Gasteiger partial charge on any atom is -0.389 e. The lowest BCUT2D eigenvalue weighted by molar-refractivity contribution is -0.107. The van der Waals surface area contributed by atoms with Gasteiger partial charge in [-0.3, -0.25) is 0 Å². The van der Waals surface area contributed by atoms with Gasteiger partial charge < -0.3 is 15.3 Å². The minimum atomic E-state index is -0.708. The Morgan fingerprint density at radius 1 is 1.04 bits per heavy atom. The molecule has 0 radical (unpaired) electrons. The average molecular weight is 452 g/mol. The number of benzene rings is 1. The van der Waals surface area contributed by atoms with Gasteiger partial charge in [0.25, 0.3) is 0 Å². The maximum absolute atomic E-state index is 12.0. The third-order valence-corrected chi connectivity index (χ3v) is 6.31. The van der Waals surface area contributed by atoms with E-state index in [0.717, 1.165) is 57.0 Å². The van der Waals surface area contributed by atoms with Crippen LogP contribution in [0.4, 0.5) is 0 Å². The SMILES string of the molecule is CC1(C)CC(C)(C)CC(O)(C(CN2CCNCC2)c2cccc(Cl)c2)C1.Cl.Cl. The van der Waals surface area contributed by atoms with Crippen LogP contribution in [0.1, 0.15) is 58.4 Å². The van der Waals surface area contributed by atoms with Crippen molar-refractivity contribution in [1.29, 1.82) is 0 Å². The van der Waals surface area contributed by atoms with Gasteiger partial charge >= 0.3 is 0 Å². The van der Waals surface area contributed by atoms with Crippen LogP contribution in [0.2, 0.25) is 5.02 Å². The van der Waals surface area contributed by atoms with Crippen LogP contribution < -0.4 is 5.32 Å². The lowest BCUT2D eigenvalue weighted by Gasteiger charge is -2.53. The summed E-state index contributed by atoms with van der Waals surface area (Å²) in [5.74, 6) is 0.0816. The highest BCUT2D eigenvalue weighted by Gasteiger charge is 2.50. The summed E-state index contributed by atoms with van der Waals surface area (Å²) >= 11 is 6.32. The Hall–Kier alpha value is -0.0300. The Morgan fingerprint density at radius 3 is 2.14 bits per heavy atom. The van der Waals surface area contributed by atoms with Gasteiger partial charge in [-0.05, 0) is 47.8 Å². The Labute approximate surface area is 188 Å². The lowest BCUT2D eigenvalue weighted by Crippen LogP contribution is -2.54. The topological polar surface area (TPSA) is 35.5 Å². The fourth-order valence-corrected chi connectivity index (χ4v) is 6.05. The van der Waals surface area contributed by atoms with Gasteiger partial charge in [0.2, 0.25) is 0 Å². The van der Waals surface area contributed by atoms with Crippen LogP contribution in [-0.2, 0) is 0 Å². The molecule has 1 aliphatic carbocycles. The Kier molecular flexibility index (Phi) is 9.15. The monoisotopic (exact) mass is 450 g/mol. The summed E-state index contributed by atoms with van der Waals surface area (Å²) in [5.41, 5.74) is 0.737. The molecule has 2 N–H and O–H groups in total. The average Bonchev–Trinajstić information content (AvgIpc) is 2.50. The Morgan fingerprint density at radius 2 is 1.61 bits per heavy atom. The number of halogens is 3. The Balaban J connectivity index is 0.00000196. The first-order valence-electron chi connectivity index (χ1n) is 10.00.